The van der Waals surface area contributed by atoms with Gasteiger partial charge in [0.05, 0.1) is 0 Å². The summed E-state index contributed by atoms with van der Waals surface area (Å²) in [6.45, 7) is 23.3. The molecule has 1 N–H and O–H groups in total. The molecule has 0 bridgehead atoms. The molecule has 42 heavy (non-hydrogen) atoms. The number of aromatic nitrogens is 2. The van der Waals surface area contributed by atoms with E-state index >= 15 is 0 Å². The Hall–Kier alpha value is -2.36. The molecule has 0 saturated heterocycles. The van der Waals surface area contributed by atoms with Gasteiger partial charge < -0.3 is 10.1 Å². The first-order valence-corrected chi connectivity index (χ1v) is 15.3. The van der Waals surface area contributed by atoms with Crippen LogP contribution in [0.15, 0.2) is 54.7 Å². The van der Waals surface area contributed by atoms with Crippen LogP contribution in [0.25, 0.3) is 22.0 Å². The topological polar surface area (TPSA) is 63.1 Å². The molecule has 0 atom stereocenters. The van der Waals surface area contributed by atoms with Gasteiger partial charge in [-0.25, -0.2) is 0 Å². The molecule has 0 saturated carbocycles. The number of carbonyl (C=O) groups is 1. The Labute approximate surface area is 269 Å². The minimum absolute atomic E-state index is 0. The number of ketones is 1. The van der Waals surface area contributed by atoms with Gasteiger partial charge in [-0.3, -0.25) is 9.78 Å². The second-order valence-electron chi connectivity index (χ2n) is 13.3. The zero-order chi connectivity index (χ0) is 31.0. The standard InChI is InChI=1S/C22H25N2.C15H28O2.Ir/c1-15(2)10-16-6-9-24-21(11-16)17-12-18-14-23-8-7-19(18)20(13-17)22(3,4)5;1-7-14(5,8-2)12(16)11-13(17)15(6,9-3)10-4;/h6-9,11,13-15H,10H2,1-5H3;11,16H,7-10H2,1-6H3;/q-1;;/b;12-11-;. The number of nitrogens with zero attached hydrogens (tertiary/aromatic N) is 2. The summed E-state index contributed by atoms with van der Waals surface area (Å²) in [5, 5.41) is 12.4. The van der Waals surface area contributed by atoms with E-state index in [1.165, 1.54) is 22.6 Å². The molecular weight excluding hydrogens is 697 g/mol. The second kappa shape index (κ2) is 15.9. The molecule has 2 heterocycles. The van der Waals surface area contributed by atoms with Crippen molar-refractivity contribution in [3.63, 3.8) is 0 Å². The van der Waals surface area contributed by atoms with Gasteiger partial charge >= 0.3 is 0 Å². The zero-order valence-electron chi connectivity index (χ0n) is 27.8. The predicted molar refractivity (Wildman–Crippen MR) is 174 cm³/mol. The number of rotatable bonds is 10. The van der Waals surface area contributed by atoms with Crippen molar-refractivity contribution in [2.24, 2.45) is 16.7 Å². The molecule has 2 aromatic heterocycles. The fourth-order valence-corrected chi connectivity index (χ4v) is 4.79. The van der Waals surface area contributed by atoms with Gasteiger partial charge in [-0.1, -0.05) is 110 Å². The van der Waals surface area contributed by atoms with Crippen LogP contribution in [0.1, 0.15) is 113 Å². The van der Waals surface area contributed by atoms with E-state index in [-0.39, 0.29) is 47.9 Å². The third kappa shape index (κ3) is 9.58. The minimum atomic E-state index is -0.337. The Kier molecular flexibility index (Phi) is 14.3. The molecule has 0 spiro atoms. The molecule has 0 unspecified atom stereocenters. The molecule has 0 aliphatic rings. The van der Waals surface area contributed by atoms with E-state index in [0.717, 1.165) is 48.7 Å². The maximum Gasteiger partial charge on any atom is 0.164 e. The summed E-state index contributed by atoms with van der Waals surface area (Å²) in [5.74, 6) is 0.920. The van der Waals surface area contributed by atoms with Crippen molar-refractivity contribution in [3.8, 4) is 11.3 Å². The van der Waals surface area contributed by atoms with Crippen molar-refractivity contribution in [2.75, 3.05) is 0 Å². The first-order valence-electron chi connectivity index (χ1n) is 15.3. The molecule has 3 aromatic rings. The summed E-state index contributed by atoms with van der Waals surface area (Å²) >= 11 is 0. The number of aliphatic hydroxyl groups is 1. The molecule has 1 aromatic carbocycles. The number of aliphatic hydroxyl groups excluding tert-OH is 1. The van der Waals surface area contributed by atoms with Gasteiger partial charge in [-0.15, -0.1) is 17.7 Å². The van der Waals surface area contributed by atoms with Gasteiger partial charge in [0.15, 0.2) is 5.78 Å². The van der Waals surface area contributed by atoms with Crippen LogP contribution in [0.4, 0.5) is 0 Å². The Morgan fingerprint density at radius 3 is 2.05 bits per heavy atom. The summed E-state index contributed by atoms with van der Waals surface area (Å²) in [7, 11) is 0. The molecule has 233 valence electrons. The number of fused-ring (bicyclic) bond motifs is 1. The second-order valence-corrected chi connectivity index (χ2v) is 13.3. The van der Waals surface area contributed by atoms with E-state index < -0.39 is 0 Å². The number of hydrogen-bond acceptors (Lipinski definition) is 4. The Morgan fingerprint density at radius 2 is 1.52 bits per heavy atom. The molecule has 0 aliphatic carbocycles. The van der Waals surface area contributed by atoms with Crippen LogP contribution in [-0.4, -0.2) is 20.9 Å². The van der Waals surface area contributed by atoms with Crippen LogP contribution in [0.3, 0.4) is 0 Å². The number of allylic oxidation sites excluding steroid dienone is 2. The van der Waals surface area contributed by atoms with E-state index in [1.807, 2.05) is 60.1 Å². The van der Waals surface area contributed by atoms with Crippen molar-refractivity contribution >= 4 is 16.6 Å². The predicted octanol–water partition coefficient (Wildman–Crippen LogP) is 10.2. The normalized spacial score (nSPS) is 12.5. The molecule has 3 rings (SSSR count). The molecule has 4 nitrogen and oxygen atoms in total. The van der Waals surface area contributed by atoms with Gasteiger partial charge in [-0.2, -0.15) is 0 Å². The molecule has 0 aliphatic heterocycles. The van der Waals surface area contributed by atoms with Crippen LogP contribution < -0.4 is 0 Å². The first-order chi connectivity index (χ1) is 19.1. The van der Waals surface area contributed by atoms with Crippen molar-refractivity contribution < 1.29 is 30.0 Å². The fourth-order valence-electron chi connectivity index (χ4n) is 4.79. The van der Waals surface area contributed by atoms with Crippen LogP contribution in [0, 0.1) is 22.8 Å². The van der Waals surface area contributed by atoms with Crippen LogP contribution in [0.5, 0.6) is 0 Å². The van der Waals surface area contributed by atoms with E-state index in [0.29, 0.717) is 5.92 Å². The first kappa shape index (κ1) is 37.7. The number of hydrogen-bond donors (Lipinski definition) is 1. The van der Waals surface area contributed by atoms with E-state index in [4.69, 9.17) is 0 Å². The van der Waals surface area contributed by atoms with Gasteiger partial charge in [0.25, 0.3) is 0 Å². The Bertz CT molecular complexity index is 1330. The molecular formula is C37H53IrN2O2-. The zero-order valence-corrected chi connectivity index (χ0v) is 30.2. The SMILES string of the molecule is CC(C)Cc1ccnc(-c2[c-]c3cnccc3c(C(C)(C)C)c2)c1.CCC(C)(CC)C(=O)/C=C(\O)C(C)(CC)CC.[Ir]. The van der Waals surface area contributed by atoms with Crippen molar-refractivity contribution in [1.82, 2.24) is 9.97 Å². The monoisotopic (exact) mass is 750 g/mol. The van der Waals surface area contributed by atoms with Crippen LogP contribution in [-0.2, 0) is 36.7 Å². The summed E-state index contributed by atoms with van der Waals surface area (Å²) in [4.78, 5) is 21.1. The van der Waals surface area contributed by atoms with E-state index in [2.05, 4.69) is 74.9 Å². The third-order valence-electron chi connectivity index (χ3n) is 8.82. The summed E-state index contributed by atoms with van der Waals surface area (Å²) in [5.41, 5.74) is 4.13. The fraction of sp³-hybridized carbons (Fsp3) is 0.541. The Morgan fingerprint density at radius 1 is 0.929 bits per heavy atom. The van der Waals surface area contributed by atoms with Crippen LogP contribution >= 0.6 is 0 Å². The van der Waals surface area contributed by atoms with Gasteiger partial charge in [0.1, 0.15) is 5.76 Å². The third-order valence-corrected chi connectivity index (χ3v) is 8.82. The van der Waals surface area contributed by atoms with Gasteiger partial charge in [0, 0.05) is 55.1 Å². The number of carbonyl (C=O) groups excluding carboxylic acids is 1. The van der Waals surface area contributed by atoms with Gasteiger partial charge in [-0.05, 0) is 55.7 Å². The quantitative estimate of drug-likeness (QED) is 0.127. The summed E-state index contributed by atoms with van der Waals surface area (Å²) < 4.78 is 0. The maximum atomic E-state index is 12.2. The largest absolute Gasteiger partial charge is 0.512 e. The number of benzene rings is 1. The average Bonchev–Trinajstić information content (AvgIpc) is 2.95. The molecule has 0 amide bonds. The maximum absolute atomic E-state index is 12.2. The van der Waals surface area contributed by atoms with E-state index in [9.17, 15) is 9.90 Å². The Balaban J connectivity index is 0.000000438. The van der Waals surface area contributed by atoms with Gasteiger partial charge in [0.2, 0.25) is 0 Å². The molecule has 0 fully saturated rings. The van der Waals surface area contributed by atoms with Crippen molar-refractivity contribution in [1.29, 1.82) is 0 Å². The van der Waals surface area contributed by atoms with E-state index in [1.54, 1.807) is 0 Å². The smallest absolute Gasteiger partial charge is 0.164 e. The summed E-state index contributed by atoms with van der Waals surface area (Å²) in [6.07, 6.45) is 11.5. The van der Waals surface area contributed by atoms with Crippen molar-refractivity contribution in [2.45, 2.75) is 114 Å². The van der Waals surface area contributed by atoms with Crippen molar-refractivity contribution in [3.05, 3.63) is 71.9 Å². The average molecular weight is 750 g/mol. The number of pyridine rings is 2. The molecule has 1 radical (unpaired) electrons. The molecule has 5 heteroatoms. The minimum Gasteiger partial charge on any atom is -0.512 e. The van der Waals surface area contributed by atoms with Crippen LogP contribution in [0.2, 0.25) is 0 Å². The summed E-state index contributed by atoms with van der Waals surface area (Å²) in [6, 6.07) is 12.1.